The number of hydrogen-bond donors (Lipinski definition) is 1. The molecular formula is C15H23N3O2S. The van der Waals surface area contributed by atoms with Gasteiger partial charge in [0.1, 0.15) is 6.04 Å². The standard InChI is InChI=1S/C15H23N3O2S/c1-10-11(2)21-14(17-10)7-8-16-15(20)13-6-4-5-9-18(13)12(3)19/h13H,4-9H2,1-3H3,(H,16,20)/t13-/m0/s1. The number of rotatable bonds is 4. The summed E-state index contributed by atoms with van der Waals surface area (Å²) in [5, 5.41) is 4.00. The van der Waals surface area contributed by atoms with Crippen LogP contribution in [0.5, 0.6) is 0 Å². The van der Waals surface area contributed by atoms with Crippen molar-refractivity contribution in [2.45, 2.75) is 52.5 Å². The molecule has 2 heterocycles. The first kappa shape index (κ1) is 15.9. The first-order valence-electron chi connectivity index (χ1n) is 7.47. The van der Waals surface area contributed by atoms with Crippen LogP contribution in [0.4, 0.5) is 0 Å². The fraction of sp³-hybridized carbons (Fsp3) is 0.667. The third kappa shape index (κ3) is 4.03. The van der Waals surface area contributed by atoms with E-state index in [1.807, 2.05) is 6.92 Å². The number of hydrogen-bond acceptors (Lipinski definition) is 4. The zero-order valence-corrected chi connectivity index (χ0v) is 13.8. The maximum absolute atomic E-state index is 12.3. The molecule has 0 radical (unpaired) electrons. The van der Waals surface area contributed by atoms with Crippen LogP contribution in [0.2, 0.25) is 0 Å². The monoisotopic (exact) mass is 309 g/mol. The van der Waals surface area contributed by atoms with E-state index in [1.165, 1.54) is 11.8 Å². The number of nitrogens with one attached hydrogen (secondary N) is 1. The zero-order valence-electron chi connectivity index (χ0n) is 12.9. The van der Waals surface area contributed by atoms with Gasteiger partial charge in [-0.05, 0) is 33.1 Å². The second-order valence-electron chi connectivity index (χ2n) is 5.51. The molecular weight excluding hydrogens is 286 g/mol. The molecule has 116 valence electrons. The Bertz CT molecular complexity index is 507. The predicted molar refractivity (Wildman–Crippen MR) is 83.3 cm³/mol. The van der Waals surface area contributed by atoms with E-state index < -0.39 is 0 Å². The molecule has 1 aromatic heterocycles. The number of nitrogens with zero attached hydrogens (tertiary/aromatic N) is 2. The van der Waals surface area contributed by atoms with Crippen molar-refractivity contribution >= 4 is 23.2 Å². The van der Waals surface area contributed by atoms with Gasteiger partial charge in [0.05, 0.1) is 10.7 Å². The smallest absolute Gasteiger partial charge is 0.242 e. The molecule has 0 spiro atoms. The molecule has 1 aromatic rings. The minimum absolute atomic E-state index is 0.0129. The summed E-state index contributed by atoms with van der Waals surface area (Å²) < 4.78 is 0. The lowest BCUT2D eigenvalue weighted by Crippen LogP contribution is -2.51. The minimum atomic E-state index is -0.295. The summed E-state index contributed by atoms with van der Waals surface area (Å²) in [5.41, 5.74) is 1.07. The second-order valence-corrected chi connectivity index (χ2v) is 6.80. The van der Waals surface area contributed by atoms with Gasteiger partial charge in [-0.15, -0.1) is 11.3 Å². The average molecular weight is 309 g/mol. The van der Waals surface area contributed by atoms with Gasteiger partial charge in [0.15, 0.2) is 0 Å². The lowest BCUT2D eigenvalue weighted by atomic mass is 10.0. The Kier molecular flexibility index (Phi) is 5.33. The summed E-state index contributed by atoms with van der Waals surface area (Å²) in [5.74, 6) is -0.0454. The molecule has 0 aliphatic carbocycles. The van der Waals surface area contributed by atoms with E-state index in [4.69, 9.17) is 0 Å². The summed E-state index contributed by atoms with van der Waals surface area (Å²) in [7, 11) is 0. The summed E-state index contributed by atoms with van der Waals surface area (Å²) in [6.45, 7) is 6.86. The van der Waals surface area contributed by atoms with Gasteiger partial charge in [-0.1, -0.05) is 0 Å². The minimum Gasteiger partial charge on any atom is -0.354 e. The second kappa shape index (κ2) is 7.02. The van der Waals surface area contributed by atoms with Crippen molar-refractivity contribution in [3.8, 4) is 0 Å². The maximum atomic E-state index is 12.3. The van der Waals surface area contributed by atoms with Crippen LogP contribution < -0.4 is 5.32 Å². The number of carbonyl (C=O) groups excluding carboxylic acids is 2. The highest BCUT2D eigenvalue weighted by Gasteiger charge is 2.29. The van der Waals surface area contributed by atoms with Gasteiger partial charge in [-0.3, -0.25) is 9.59 Å². The van der Waals surface area contributed by atoms with Crippen LogP contribution >= 0.6 is 11.3 Å². The van der Waals surface area contributed by atoms with Crippen molar-refractivity contribution in [1.29, 1.82) is 0 Å². The van der Waals surface area contributed by atoms with E-state index in [0.29, 0.717) is 13.1 Å². The van der Waals surface area contributed by atoms with Gasteiger partial charge < -0.3 is 10.2 Å². The zero-order chi connectivity index (χ0) is 15.4. The van der Waals surface area contributed by atoms with Gasteiger partial charge in [0.2, 0.25) is 11.8 Å². The summed E-state index contributed by atoms with van der Waals surface area (Å²) in [6, 6.07) is -0.295. The highest BCUT2D eigenvalue weighted by Crippen LogP contribution is 2.18. The van der Waals surface area contributed by atoms with Crippen LogP contribution in [0, 0.1) is 13.8 Å². The van der Waals surface area contributed by atoms with Crippen molar-refractivity contribution in [3.63, 3.8) is 0 Å². The molecule has 0 saturated carbocycles. The van der Waals surface area contributed by atoms with Crippen LogP contribution in [0.3, 0.4) is 0 Å². The molecule has 6 heteroatoms. The van der Waals surface area contributed by atoms with Crippen molar-refractivity contribution in [2.24, 2.45) is 0 Å². The Hall–Kier alpha value is -1.43. The van der Waals surface area contributed by atoms with E-state index in [1.54, 1.807) is 16.2 Å². The van der Waals surface area contributed by atoms with E-state index in [9.17, 15) is 9.59 Å². The van der Waals surface area contributed by atoms with Crippen molar-refractivity contribution in [2.75, 3.05) is 13.1 Å². The van der Waals surface area contributed by atoms with Crippen LogP contribution in [-0.4, -0.2) is 40.8 Å². The van der Waals surface area contributed by atoms with Gasteiger partial charge in [-0.2, -0.15) is 0 Å². The number of thiazole rings is 1. The van der Waals surface area contributed by atoms with Crippen LogP contribution in [0.1, 0.15) is 41.8 Å². The van der Waals surface area contributed by atoms with Gasteiger partial charge in [-0.25, -0.2) is 4.98 Å². The van der Waals surface area contributed by atoms with E-state index in [-0.39, 0.29) is 17.9 Å². The Balaban J connectivity index is 1.84. The molecule has 0 unspecified atom stereocenters. The Morgan fingerprint density at radius 2 is 2.14 bits per heavy atom. The van der Waals surface area contributed by atoms with Crippen molar-refractivity contribution in [3.05, 3.63) is 15.6 Å². The number of aromatic nitrogens is 1. The Labute approximate surface area is 129 Å². The first-order chi connectivity index (χ1) is 9.99. The average Bonchev–Trinajstić information content (AvgIpc) is 2.77. The fourth-order valence-corrected chi connectivity index (χ4v) is 3.57. The Morgan fingerprint density at radius 3 is 2.76 bits per heavy atom. The summed E-state index contributed by atoms with van der Waals surface area (Å²) in [6.07, 6.45) is 3.51. The molecule has 1 N–H and O–H groups in total. The highest BCUT2D eigenvalue weighted by atomic mass is 32.1. The quantitative estimate of drug-likeness (QED) is 0.923. The maximum Gasteiger partial charge on any atom is 0.242 e. The third-order valence-corrected chi connectivity index (χ3v) is 5.05. The lowest BCUT2D eigenvalue weighted by Gasteiger charge is -2.33. The molecule has 2 amide bonds. The predicted octanol–water partition coefficient (Wildman–Crippen LogP) is 1.82. The molecule has 1 aliphatic heterocycles. The molecule has 5 nitrogen and oxygen atoms in total. The molecule has 1 fully saturated rings. The van der Waals surface area contributed by atoms with Crippen molar-refractivity contribution < 1.29 is 9.59 Å². The first-order valence-corrected chi connectivity index (χ1v) is 8.28. The molecule has 0 bridgehead atoms. The summed E-state index contributed by atoms with van der Waals surface area (Å²) in [4.78, 5) is 31.2. The largest absolute Gasteiger partial charge is 0.354 e. The van der Waals surface area contributed by atoms with E-state index >= 15 is 0 Å². The van der Waals surface area contributed by atoms with Gasteiger partial charge in [0, 0.05) is 31.3 Å². The normalized spacial score (nSPS) is 18.6. The SMILES string of the molecule is CC(=O)N1CCCC[C@H]1C(=O)NCCc1nc(C)c(C)s1. The van der Waals surface area contributed by atoms with Crippen molar-refractivity contribution in [1.82, 2.24) is 15.2 Å². The number of likely N-dealkylation sites (tertiary alicyclic amines) is 1. The topological polar surface area (TPSA) is 62.3 Å². The molecule has 2 rings (SSSR count). The number of amides is 2. The van der Waals surface area contributed by atoms with Gasteiger partial charge in [0.25, 0.3) is 0 Å². The van der Waals surface area contributed by atoms with E-state index in [2.05, 4.69) is 17.2 Å². The molecule has 0 aromatic carbocycles. The number of carbonyl (C=O) groups is 2. The summed E-state index contributed by atoms with van der Waals surface area (Å²) >= 11 is 1.68. The van der Waals surface area contributed by atoms with Crippen LogP contribution in [-0.2, 0) is 16.0 Å². The van der Waals surface area contributed by atoms with Crippen LogP contribution in [0.25, 0.3) is 0 Å². The fourth-order valence-electron chi connectivity index (χ4n) is 2.64. The molecule has 1 atom stereocenters. The highest BCUT2D eigenvalue weighted by molar-refractivity contribution is 7.11. The van der Waals surface area contributed by atoms with Gasteiger partial charge >= 0.3 is 0 Å². The number of piperidine rings is 1. The molecule has 1 aliphatic rings. The lowest BCUT2D eigenvalue weighted by molar-refractivity contribution is -0.140. The Morgan fingerprint density at radius 1 is 1.38 bits per heavy atom. The van der Waals surface area contributed by atoms with E-state index in [0.717, 1.165) is 36.4 Å². The molecule has 21 heavy (non-hydrogen) atoms. The third-order valence-electron chi connectivity index (χ3n) is 3.92. The van der Waals surface area contributed by atoms with Crippen LogP contribution in [0.15, 0.2) is 0 Å². The number of aryl methyl sites for hydroxylation is 2. The molecule has 1 saturated heterocycles.